The summed E-state index contributed by atoms with van der Waals surface area (Å²) < 4.78 is 4.69. The van der Waals surface area contributed by atoms with E-state index in [4.69, 9.17) is 16.3 Å². The molecule has 172 valence electrons. The zero-order valence-corrected chi connectivity index (χ0v) is 19.1. The first-order valence-corrected chi connectivity index (χ1v) is 11.1. The van der Waals surface area contributed by atoms with Gasteiger partial charge < -0.3 is 15.0 Å². The molecule has 3 amide bonds. The van der Waals surface area contributed by atoms with E-state index in [0.717, 1.165) is 0 Å². The summed E-state index contributed by atoms with van der Waals surface area (Å²) in [7, 11) is 1.27. The summed E-state index contributed by atoms with van der Waals surface area (Å²) >= 11 is 6.15. The van der Waals surface area contributed by atoms with Gasteiger partial charge in [0, 0.05) is 19.4 Å². The average Bonchev–Trinajstić information content (AvgIpc) is 3.12. The number of anilines is 2. The Bertz CT molecular complexity index is 1150. The van der Waals surface area contributed by atoms with E-state index in [1.165, 1.54) is 25.3 Å². The maximum atomic E-state index is 13.2. The topological polar surface area (TPSA) is 96.0 Å². The maximum absolute atomic E-state index is 13.2. The van der Waals surface area contributed by atoms with Crippen LogP contribution in [0.5, 0.6) is 0 Å². The van der Waals surface area contributed by atoms with Crippen LogP contribution in [0.15, 0.2) is 42.5 Å². The van der Waals surface area contributed by atoms with Crippen molar-refractivity contribution in [2.75, 3.05) is 23.9 Å². The summed E-state index contributed by atoms with van der Waals surface area (Å²) in [6.07, 6.45) is 1.43. The number of nitrogens with one attached hydrogen (secondary N) is 1. The largest absolute Gasteiger partial charge is 0.465 e. The maximum Gasteiger partial charge on any atom is 0.337 e. The molecule has 0 aromatic heterocycles. The SMILES string of the molecule is COC(=O)c1ccc(Cl)c(NC(=O)CCCN2C(=O)c3ccccc3N3C(=O)CCC23C)c1. The Hall–Kier alpha value is -3.39. The zero-order valence-electron chi connectivity index (χ0n) is 18.4. The van der Waals surface area contributed by atoms with Crippen LogP contribution in [-0.4, -0.2) is 47.9 Å². The fourth-order valence-electron chi connectivity index (χ4n) is 4.52. The normalized spacial score (nSPS) is 19.2. The van der Waals surface area contributed by atoms with Crippen LogP contribution >= 0.6 is 11.6 Å². The molecule has 0 saturated carbocycles. The highest BCUT2D eigenvalue weighted by molar-refractivity contribution is 6.33. The summed E-state index contributed by atoms with van der Waals surface area (Å²) in [5.41, 5.74) is 0.959. The summed E-state index contributed by atoms with van der Waals surface area (Å²) in [5, 5.41) is 3.01. The number of methoxy groups -OCH3 is 1. The third kappa shape index (κ3) is 4.06. The van der Waals surface area contributed by atoms with Gasteiger partial charge in [-0.1, -0.05) is 23.7 Å². The first-order valence-electron chi connectivity index (χ1n) is 10.7. The highest BCUT2D eigenvalue weighted by Crippen LogP contribution is 2.44. The number of rotatable bonds is 6. The van der Waals surface area contributed by atoms with E-state index >= 15 is 0 Å². The van der Waals surface area contributed by atoms with Crippen molar-refractivity contribution in [3.8, 4) is 0 Å². The Morgan fingerprint density at radius 1 is 1.18 bits per heavy atom. The number of nitrogens with zero attached hydrogens (tertiary/aromatic N) is 2. The Kier molecular flexibility index (Phi) is 6.12. The smallest absolute Gasteiger partial charge is 0.337 e. The second kappa shape index (κ2) is 8.86. The summed E-state index contributed by atoms with van der Waals surface area (Å²) in [6, 6.07) is 11.6. The number of ether oxygens (including phenoxy) is 1. The summed E-state index contributed by atoms with van der Waals surface area (Å²) in [5.74, 6) is -0.989. The molecule has 2 aromatic carbocycles. The summed E-state index contributed by atoms with van der Waals surface area (Å²) in [4.78, 5) is 53.5. The molecule has 2 aliphatic rings. The first-order chi connectivity index (χ1) is 15.8. The Morgan fingerprint density at radius 2 is 1.94 bits per heavy atom. The van der Waals surface area contributed by atoms with E-state index < -0.39 is 11.6 Å². The van der Waals surface area contributed by atoms with Crippen molar-refractivity contribution in [2.45, 2.75) is 38.3 Å². The number of benzene rings is 2. The number of esters is 1. The monoisotopic (exact) mass is 469 g/mol. The minimum atomic E-state index is -0.753. The molecule has 0 spiro atoms. The van der Waals surface area contributed by atoms with Gasteiger partial charge in [0.1, 0.15) is 5.66 Å². The van der Waals surface area contributed by atoms with Gasteiger partial charge >= 0.3 is 5.97 Å². The van der Waals surface area contributed by atoms with E-state index in [2.05, 4.69) is 5.32 Å². The van der Waals surface area contributed by atoms with E-state index in [1.54, 1.807) is 28.0 Å². The standard InChI is InChI=1S/C24H24ClN3O5/c1-24-12-11-21(30)28(24)19-7-4-3-6-16(19)22(31)27(24)13-5-8-20(29)26-18-14-15(23(32)33-2)9-10-17(18)25/h3-4,6-7,9-10,14H,5,8,11-13H2,1-2H3,(H,26,29). The quantitative estimate of drug-likeness (QED) is 0.648. The van der Waals surface area contributed by atoms with Gasteiger partial charge in [-0.15, -0.1) is 0 Å². The lowest BCUT2D eigenvalue weighted by Crippen LogP contribution is -2.62. The molecule has 1 fully saturated rings. The van der Waals surface area contributed by atoms with E-state index in [1.807, 2.05) is 13.0 Å². The van der Waals surface area contributed by atoms with Crippen LogP contribution in [0.1, 0.15) is 53.3 Å². The number of para-hydroxylation sites is 1. The molecule has 1 atom stereocenters. The minimum absolute atomic E-state index is 0.0136. The van der Waals surface area contributed by atoms with Crippen LogP contribution in [0.2, 0.25) is 5.02 Å². The summed E-state index contributed by atoms with van der Waals surface area (Å²) in [6.45, 7) is 2.21. The highest BCUT2D eigenvalue weighted by atomic mass is 35.5. The van der Waals surface area contributed by atoms with E-state index in [-0.39, 0.29) is 29.7 Å². The molecule has 0 bridgehead atoms. The molecular formula is C24H24ClN3O5. The number of hydrogen-bond donors (Lipinski definition) is 1. The predicted molar refractivity (Wildman–Crippen MR) is 123 cm³/mol. The van der Waals surface area contributed by atoms with Crippen LogP contribution in [0, 0.1) is 0 Å². The van der Waals surface area contributed by atoms with Crippen LogP contribution < -0.4 is 10.2 Å². The van der Waals surface area contributed by atoms with Gasteiger partial charge in [-0.25, -0.2) is 4.79 Å². The van der Waals surface area contributed by atoms with Gasteiger partial charge in [-0.05, 0) is 50.1 Å². The Labute approximate surface area is 196 Å². The number of amides is 3. The van der Waals surface area contributed by atoms with Crippen molar-refractivity contribution in [1.29, 1.82) is 0 Å². The van der Waals surface area contributed by atoms with Gasteiger partial charge in [0.15, 0.2) is 0 Å². The number of halogens is 1. The van der Waals surface area contributed by atoms with Crippen LogP contribution in [0.25, 0.3) is 0 Å². The van der Waals surface area contributed by atoms with Crippen LogP contribution in [-0.2, 0) is 14.3 Å². The third-order valence-corrected chi connectivity index (χ3v) is 6.52. The first kappa shape index (κ1) is 22.8. The number of carbonyl (C=O) groups excluding carboxylic acids is 4. The molecule has 2 aliphatic heterocycles. The Balaban J connectivity index is 1.45. The molecule has 0 radical (unpaired) electrons. The molecule has 2 aromatic rings. The van der Waals surface area contributed by atoms with E-state index in [9.17, 15) is 19.2 Å². The fraction of sp³-hybridized carbons (Fsp3) is 0.333. The van der Waals surface area contributed by atoms with Crippen LogP contribution in [0.3, 0.4) is 0 Å². The van der Waals surface area contributed by atoms with Gasteiger partial charge in [-0.3, -0.25) is 19.3 Å². The second-order valence-electron chi connectivity index (χ2n) is 8.26. The molecule has 1 N–H and O–H groups in total. The van der Waals surface area contributed by atoms with Crippen molar-refractivity contribution in [2.24, 2.45) is 0 Å². The number of carbonyl (C=O) groups is 4. The van der Waals surface area contributed by atoms with Gasteiger partial charge in [0.25, 0.3) is 5.91 Å². The molecule has 1 saturated heterocycles. The van der Waals surface area contributed by atoms with Gasteiger partial charge in [0.05, 0.1) is 34.6 Å². The van der Waals surface area contributed by atoms with Gasteiger partial charge in [-0.2, -0.15) is 0 Å². The molecule has 4 rings (SSSR count). The Morgan fingerprint density at radius 3 is 2.70 bits per heavy atom. The molecule has 9 heteroatoms. The molecular weight excluding hydrogens is 446 g/mol. The van der Waals surface area contributed by atoms with Crippen molar-refractivity contribution < 1.29 is 23.9 Å². The predicted octanol–water partition coefficient (Wildman–Crippen LogP) is 3.84. The lowest BCUT2D eigenvalue weighted by atomic mass is 9.98. The lowest BCUT2D eigenvalue weighted by molar-refractivity contribution is -0.118. The number of fused-ring (bicyclic) bond motifs is 3. The van der Waals surface area contributed by atoms with Crippen molar-refractivity contribution >= 4 is 46.7 Å². The van der Waals surface area contributed by atoms with Gasteiger partial charge in [0.2, 0.25) is 11.8 Å². The number of hydrogen-bond acceptors (Lipinski definition) is 5. The molecule has 0 aliphatic carbocycles. The molecule has 8 nitrogen and oxygen atoms in total. The minimum Gasteiger partial charge on any atom is -0.465 e. The van der Waals surface area contributed by atoms with Crippen molar-refractivity contribution in [1.82, 2.24) is 4.90 Å². The third-order valence-electron chi connectivity index (χ3n) is 6.19. The molecule has 1 unspecified atom stereocenters. The van der Waals surface area contributed by atoms with Crippen molar-refractivity contribution in [3.63, 3.8) is 0 Å². The zero-order chi connectivity index (χ0) is 23.8. The molecule has 33 heavy (non-hydrogen) atoms. The van der Waals surface area contributed by atoms with Crippen LogP contribution in [0.4, 0.5) is 11.4 Å². The van der Waals surface area contributed by atoms with E-state index in [0.29, 0.717) is 47.8 Å². The lowest BCUT2D eigenvalue weighted by Gasteiger charge is -2.48. The highest BCUT2D eigenvalue weighted by Gasteiger charge is 2.52. The average molecular weight is 470 g/mol. The second-order valence-corrected chi connectivity index (χ2v) is 8.67. The van der Waals surface area contributed by atoms with Crippen molar-refractivity contribution in [3.05, 3.63) is 58.6 Å². The fourth-order valence-corrected chi connectivity index (χ4v) is 4.68. The molecule has 2 heterocycles.